The zero-order valence-corrected chi connectivity index (χ0v) is 58.8. The average Bonchev–Trinajstić information content (AvgIpc) is 3.63. The van der Waals surface area contributed by atoms with Crippen LogP contribution < -0.4 is 0 Å². The summed E-state index contributed by atoms with van der Waals surface area (Å²) in [7, 11) is -9.89. The Morgan fingerprint density at radius 1 is 0.330 bits per heavy atom. The molecule has 0 spiro atoms. The van der Waals surface area contributed by atoms with Gasteiger partial charge in [-0.3, -0.25) is 37.3 Å². The zero-order chi connectivity index (χ0) is 65.0. The fourth-order valence-corrected chi connectivity index (χ4v) is 12.0. The molecular weight excluding hydrogens is 1160 g/mol. The highest BCUT2D eigenvalue weighted by molar-refractivity contribution is 7.47. The Hall–Kier alpha value is -1.94. The van der Waals surface area contributed by atoms with Gasteiger partial charge in [0, 0.05) is 25.7 Å². The van der Waals surface area contributed by atoms with E-state index in [9.17, 15) is 43.2 Å². The molecule has 88 heavy (non-hydrogen) atoms. The van der Waals surface area contributed by atoms with Crippen LogP contribution in [0, 0.1) is 11.8 Å². The molecule has 0 rings (SSSR count). The van der Waals surface area contributed by atoms with E-state index in [1.807, 2.05) is 0 Å². The standard InChI is InChI=1S/C69H134O17P2/c1-7-10-12-14-16-17-18-19-20-21-22-23-26-30-34-41-47-53-68(73)85-64(58-80-67(72)52-46-40-33-29-27-24-25-28-32-37-43-49-61(4)5)59-83-87(75,76)81-55-63(70)56-82-88(77,78)84-60-65(57-79-66(71)51-45-39-31-15-13-11-8-2)86-69(74)54-48-42-36-35-38-44-50-62(6)9-3/h61-65,70H,7-60H2,1-6H3,(H,75,76)(H,77,78)/t62?,63-,64-,65-/m1/s1. The molecule has 0 aromatic carbocycles. The summed E-state index contributed by atoms with van der Waals surface area (Å²) in [5, 5.41) is 10.6. The first-order valence-electron chi connectivity index (χ1n) is 36.0. The molecule has 0 aliphatic heterocycles. The van der Waals surface area contributed by atoms with Gasteiger partial charge in [0.15, 0.2) is 12.2 Å². The lowest BCUT2D eigenvalue weighted by Crippen LogP contribution is -2.30. The molecule has 0 aromatic rings. The van der Waals surface area contributed by atoms with Crippen molar-refractivity contribution in [2.45, 2.75) is 368 Å². The maximum atomic E-state index is 13.0. The Bertz CT molecular complexity index is 1720. The maximum absolute atomic E-state index is 13.0. The van der Waals surface area contributed by atoms with Gasteiger partial charge in [-0.25, -0.2) is 9.13 Å². The van der Waals surface area contributed by atoms with E-state index in [1.165, 1.54) is 154 Å². The lowest BCUT2D eigenvalue weighted by molar-refractivity contribution is -0.161. The molecule has 0 amide bonds. The molecule has 0 bridgehead atoms. The number of carbonyl (C=O) groups excluding carboxylic acids is 4. The molecular formula is C69H134O17P2. The third kappa shape index (κ3) is 61.6. The summed E-state index contributed by atoms with van der Waals surface area (Å²) >= 11 is 0. The molecule has 522 valence electrons. The molecule has 17 nitrogen and oxygen atoms in total. The van der Waals surface area contributed by atoms with Crippen LogP contribution in [0.5, 0.6) is 0 Å². The monoisotopic (exact) mass is 1300 g/mol. The van der Waals surface area contributed by atoms with Gasteiger partial charge >= 0.3 is 39.5 Å². The van der Waals surface area contributed by atoms with Crippen LogP contribution in [0.2, 0.25) is 0 Å². The van der Waals surface area contributed by atoms with E-state index in [-0.39, 0.29) is 25.7 Å². The van der Waals surface area contributed by atoms with E-state index >= 15 is 0 Å². The van der Waals surface area contributed by atoms with Crippen LogP contribution in [-0.4, -0.2) is 96.7 Å². The molecule has 0 aliphatic carbocycles. The number of ether oxygens (including phenoxy) is 4. The number of unbranched alkanes of at least 4 members (excludes halogenated alkanes) is 37. The fraction of sp³-hybridized carbons (Fsp3) is 0.942. The Balaban J connectivity index is 5.20. The Morgan fingerprint density at radius 2 is 0.580 bits per heavy atom. The van der Waals surface area contributed by atoms with Crippen LogP contribution in [0.4, 0.5) is 0 Å². The van der Waals surface area contributed by atoms with Gasteiger partial charge in [0.2, 0.25) is 0 Å². The quantitative estimate of drug-likeness (QED) is 0.0222. The summed E-state index contributed by atoms with van der Waals surface area (Å²) in [4.78, 5) is 72.3. The number of hydrogen-bond donors (Lipinski definition) is 3. The van der Waals surface area contributed by atoms with Crippen LogP contribution in [-0.2, 0) is 65.4 Å². The summed E-state index contributed by atoms with van der Waals surface area (Å²) in [5.74, 6) is -0.641. The molecule has 0 aromatic heterocycles. The lowest BCUT2D eigenvalue weighted by Gasteiger charge is -2.21. The normalized spacial score (nSPS) is 14.5. The van der Waals surface area contributed by atoms with Crippen molar-refractivity contribution in [2.75, 3.05) is 39.6 Å². The minimum atomic E-state index is -4.95. The third-order valence-corrected chi connectivity index (χ3v) is 18.2. The molecule has 0 fully saturated rings. The van der Waals surface area contributed by atoms with Gasteiger partial charge in [-0.15, -0.1) is 0 Å². The predicted molar refractivity (Wildman–Crippen MR) is 354 cm³/mol. The molecule has 0 saturated heterocycles. The smallest absolute Gasteiger partial charge is 0.462 e. The SMILES string of the molecule is CCCCCCCCCCCCCCCCCCCC(=O)O[C@H](COC(=O)CCCCCCCCCCCCCC(C)C)COP(=O)(O)OC[C@@H](O)COP(=O)(O)OC[C@@H](COC(=O)CCCCCCCCC)OC(=O)CCCCCCCCC(C)CC. The Kier molecular flexibility index (Phi) is 59.9. The summed E-state index contributed by atoms with van der Waals surface area (Å²) in [6, 6.07) is 0. The first kappa shape index (κ1) is 86.1. The van der Waals surface area contributed by atoms with Crippen molar-refractivity contribution in [2.24, 2.45) is 11.8 Å². The van der Waals surface area contributed by atoms with E-state index in [4.69, 9.17) is 37.0 Å². The first-order chi connectivity index (χ1) is 42.4. The minimum absolute atomic E-state index is 0.103. The van der Waals surface area contributed by atoms with E-state index < -0.39 is 97.5 Å². The van der Waals surface area contributed by atoms with E-state index in [0.717, 1.165) is 115 Å². The van der Waals surface area contributed by atoms with Crippen molar-refractivity contribution in [1.29, 1.82) is 0 Å². The predicted octanol–water partition coefficient (Wildman–Crippen LogP) is 19.6. The number of aliphatic hydroxyl groups excluding tert-OH is 1. The number of hydrogen-bond acceptors (Lipinski definition) is 15. The second kappa shape index (κ2) is 61.3. The Labute approximate surface area is 537 Å². The zero-order valence-electron chi connectivity index (χ0n) is 57.0. The number of phosphoric acid groups is 2. The molecule has 0 aliphatic rings. The second-order valence-corrected chi connectivity index (χ2v) is 28.5. The van der Waals surface area contributed by atoms with Gasteiger partial charge in [-0.2, -0.15) is 0 Å². The highest BCUT2D eigenvalue weighted by Crippen LogP contribution is 2.45. The molecule has 19 heteroatoms. The highest BCUT2D eigenvalue weighted by Gasteiger charge is 2.30. The van der Waals surface area contributed by atoms with E-state index in [1.54, 1.807) is 0 Å². The maximum Gasteiger partial charge on any atom is 0.472 e. The van der Waals surface area contributed by atoms with Crippen LogP contribution in [0.1, 0.15) is 350 Å². The fourth-order valence-electron chi connectivity index (χ4n) is 10.4. The summed E-state index contributed by atoms with van der Waals surface area (Å²) in [6.45, 7) is 9.46. The topological polar surface area (TPSA) is 237 Å². The number of esters is 4. The van der Waals surface area contributed by atoms with E-state index in [0.29, 0.717) is 25.7 Å². The molecule has 0 heterocycles. The minimum Gasteiger partial charge on any atom is -0.462 e. The van der Waals surface area contributed by atoms with Gasteiger partial charge in [-0.05, 0) is 37.5 Å². The summed E-state index contributed by atoms with van der Waals surface area (Å²) in [5.41, 5.74) is 0. The number of rotatable bonds is 68. The van der Waals surface area contributed by atoms with Gasteiger partial charge in [0.05, 0.1) is 26.4 Å². The molecule has 0 saturated carbocycles. The van der Waals surface area contributed by atoms with Crippen molar-refractivity contribution in [3.8, 4) is 0 Å². The van der Waals surface area contributed by atoms with Crippen LogP contribution in [0.3, 0.4) is 0 Å². The number of carbonyl (C=O) groups is 4. The first-order valence-corrected chi connectivity index (χ1v) is 39.0. The largest absolute Gasteiger partial charge is 0.472 e. The van der Waals surface area contributed by atoms with Crippen LogP contribution in [0.25, 0.3) is 0 Å². The molecule has 6 atom stereocenters. The van der Waals surface area contributed by atoms with Crippen LogP contribution in [0.15, 0.2) is 0 Å². The number of phosphoric ester groups is 2. The van der Waals surface area contributed by atoms with Gasteiger partial charge in [0.1, 0.15) is 19.3 Å². The van der Waals surface area contributed by atoms with Crippen molar-refractivity contribution < 1.29 is 80.2 Å². The average molecular weight is 1300 g/mol. The van der Waals surface area contributed by atoms with Crippen molar-refractivity contribution in [3.63, 3.8) is 0 Å². The van der Waals surface area contributed by atoms with E-state index in [2.05, 4.69) is 41.5 Å². The van der Waals surface area contributed by atoms with Crippen molar-refractivity contribution >= 4 is 39.5 Å². The van der Waals surface area contributed by atoms with Gasteiger partial charge in [-0.1, -0.05) is 298 Å². The second-order valence-electron chi connectivity index (χ2n) is 25.6. The lowest BCUT2D eigenvalue weighted by atomic mass is 10.00. The van der Waals surface area contributed by atoms with Gasteiger partial charge < -0.3 is 33.8 Å². The number of aliphatic hydroxyl groups is 1. The Morgan fingerprint density at radius 3 is 0.864 bits per heavy atom. The van der Waals surface area contributed by atoms with Crippen molar-refractivity contribution in [1.82, 2.24) is 0 Å². The van der Waals surface area contributed by atoms with Crippen LogP contribution >= 0.6 is 15.6 Å². The van der Waals surface area contributed by atoms with Gasteiger partial charge in [0.25, 0.3) is 0 Å². The summed E-state index contributed by atoms with van der Waals surface area (Å²) < 4.78 is 68.1. The van der Waals surface area contributed by atoms with Crippen molar-refractivity contribution in [3.05, 3.63) is 0 Å². The molecule has 3 N–H and O–H groups in total. The molecule has 0 radical (unpaired) electrons. The third-order valence-electron chi connectivity index (χ3n) is 16.3. The summed E-state index contributed by atoms with van der Waals surface area (Å²) in [6.07, 6.45) is 46.0. The highest BCUT2D eigenvalue weighted by atomic mass is 31.2. The molecule has 3 unspecified atom stereocenters.